The molecule has 0 bridgehead atoms. The van der Waals surface area contributed by atoms with Crippen LogP contribution in [0.1, 0.15) is 18.1 Å². The summed E-state index contributed by atoms with van der Waals surface area (Å²) >= 11 is 9.05. The SMILES string of the molecule is O=C(O)C(OCCCO)c1ccc(Cl)c(Br)c1. The van der Waals surface area contributed by atoms with Gasteiger partial charge in [0.1, 0.15) is 0 Å². The first-order chi connectivity index (χ1) is 8.06. The third kappa shape index (κ3) is 4.27. The maximum Gasteiger partial charge on any atom is 0.337 e. The lowest BCUT2D eigenvalue weighted by Gasteiger charge is -2.14. The van der Waals surface area contributed by atoms with Gasteiger partial charge in [-0.1, -0.05) is 17.7 Å². The van der Waals surface area contributed by atoms with Crippen LogP contribution in [0.15, 0.2) is 22.7 Å². The van der Waals surface area contributed by atoms with Gasteiger partial charge >= 0.3 is 5.97 Å². The van der Waals surface area contributed by atoms with Gasteiger partial charge in [0.2, 0.25) is 0 Å². The highest BCUT2D eigenvalue weighted by molar-refractivity contribution is 9.10. The van der Waals surface area contributed by atoms with E-state index in [0.717, 1.165) is 0 Å². The van der Waals surface area contributed by atoms with E-state index < -0.39 is 12.1 Å². The Labute approximate surface area is 112 Å². The van der Waals surface area contributed by atoms with Crippen LogP contribution in [0.5, 0.6) is 0 Å². The minimum absolute atomic E-state index is 0.0311. The molecule has 94 valence electrons. The zero-order valence-electron chi connectivity index (χ0n) is 8.90. The molecule has 1 atom stereocenters. The Kier molecular flexibility index (Phi) is 5.91. The van der Waals surface area contributed by atoms with Gasteiger partial charge in [-0.2, -0.15) is 0 Å². The first kappa shape index (κ1) is 14.4. The molecule has 0 aliphatic carbocycles. The summed E-state index contributed by atoms with van der Waals surface area (Å²) in [5, 5.41) is 18.2. The number of ether oxygens (including phenoxy) is 1. The van der Waals surface area contributed by atoms with Gasteiger partial charge < -0.3 is 14.9 Å². The van der Waals surface area contributed by atoms with Crippen LogP contribution in [0, 0.1) is 0 Å². The van der Waals surface area contributed by atoms with Crippen molar-refractivity contribution in [2.75, 3.05) is 13.2 Å². The summed E-state index contributed by atoms with van der Waals surface area (Å²) in [6.07, 6.45) is -0.645. The number of aliphatic hydroxyl groups excluding tert-OH is 1. The Hall–Kier alpha value is -0.620. The van der Waals surface area contributed by atoms with Gasteiger partial charge in [-0.05, 0) is 40.0 Å². The van der Waals surface area contributed by atoms with E-state index in [4.69, 9.17) is 26.6 Å². The zero-order valence-corrected chi connectivity index (χ0v) is 11.2. The third-order valence-corrected chi connectivity index (χ3v) is 3.27. The summed E-state index contributed by atoms with van der Waals surface area (Å²) in [5.74, 6) is -1.07. The topological polar surface area (TPSA) is 66.8 Å². The van der Waals surface area contributed by atoms with E-state index in [1.807, 2.05) is 0 Å². The lowest BCUT2D eigenvalue weighted by molar-refractivity contribution is -0.151. The van der Waals surface area contributed by atoms with Gasteiger partial charge in [0.15, 0.2) is 6.10 Å². The number of aliphatic carboxylic acids is 1. The second kappa shape index (κ2) is 6.96. The van der Waals surface area contributed by atoms with Crippen molar-refractivity contribution in [3.8, 4) is 0 Å². The highest BCUT2D eigenvalue weighted by atomic mass is 79.9. The highest BCUT2D eigenvalue weighted by Gasteiger charge is 2.20. The Morgan fingerprint density at radius 2 is 2.24 bits per heavy atom. The number of rotatable bonds is 6. The molecule has 0 aliphatic rings. The summed E-state index contributed by atoms with van der Waals surface area (Å²) < 4.78 is 5.82. The second-order valence-electron chi connectivity index (χ2n) is 3.34. The van der Waals surface area contributed by atoms with Crippen LogP contribution in [-0.2, 0) is 9.53 Å². The van der Waals surface area contributed by atoms with Gasteiger partial charge in [0.25, 0.3) is 0 Å². The Balaban J connectivity index is 2.82. The average Bonchev–Trinajstić information content (AvgIpc) is 2.28. The fraction of sp³-hybridized carbons (Fsp3) is 0.364. The van der Waals surface area contributed by atoms with Crippen molar-refractivity contribution in [2.45, 2.75) is 12.5 Å². The molecular weight excluding hydrogens is 311 g/mol. The smallest absolute Gasteiger partial charge is 0.337 e. The third-order valence-electron chi connectivity index (χ3n) is 2.06. The van der Waals surface area contributed by atoms with Gasteiger partial charge in [-0.15, -0.1) is 0 Å². The molecule has 0 saturated carbocycles. The van der Waals surface area contributed by atoms with Gasteiger partial charge in [-0.25, -0.2) is 4.79 Å². The molecule has 0 saturated heterocycles. The fourth-order valence-electron chi connectivity index (χ4n) is 1.25. The van der Waals surface area contributed by atoms with Crippen LogP contribution < -0.4 is 0 Å². The first-order valence-corrected chi connectivity index (χ1v) is 6.13. The number of hydrogen-bond acceptors (Lipinski definition) is 3. The molecule has 2 N–H and O–H groups in total. The molecule has 1 rings (SSSR count). The van der Waals surface area contributed by atoms with E-state index >= 15 is 0 Å². The van der Waals surface area contributed by atoms with Gasteiger partial charge in [-0.3, -0.25) is 0 Å². The Morgan fingerprint density at radius 3 is 2.76 bits per heavy atom. The zero-order chi connectivity index (χ0) is 12.8. The quantitative estimate of drug-likeness (QED) is 0.790. The predicted octanol–water partition coefficient (Wildman–Crippen LogP) is 2.63. The lowest BCUT2D eigenvalue weighted by atomic mass is 10.1. The molecular formula is C11H12BrClO4. The number of carboxylic acid groups (broad SMARTS) is 1. The maximum atomic E-state index is 11.1. The minimum atomic E-state index is -1.07. The van der Waals surface area contributed by atoms with Gasteiger partial charge in [0, 0.05) is 11.1 Å². The summed E-state index contributed by atoms with van der Waals surface area (Å²) in [7, 11) is 0. The Morgan fingerprint density at radius 1 is 1.53 bits per heavy atom. The highest BCUT2D eigenvalue weighted by Crippen LogP contribution is 2.27. The summed E-state index contributed by atoms with van der Waals surface area (Å²) in [6, 6.07) is 4.82. The minimum Gasteiger partial charge on any atom is -0.479 e. The van der Waals surface area contributed by atoms with Crippen molar-refractivity contribution in [3.05, 3.63) is 33.3 Å². The molecule has 17 heavy (non-hydrogen) atoms. The van der Waals surface area contributed by atoms with Crippen molar-refractivity contribution in [2.24, 2.45) is 0 Å². The van der Waals surface area contributed by atoms with Crippen molar-refractivity contribution >= 4 is 33.5 Å². The lowest BCUT2D eigenvalue weighted by Crippen LogP contribution is -2.16. The van der Waals surface area contributed by atoms with Crippen LogP contribution >= 0.6 is 27.5 Å². The largest absolute Gasteiger partial charge is 0.479 e. The van der Waals surface area contributed by atoms with Crippen molar-refractivity contribution in [1.82, 2.24) is 0 Å². The molecule has 0 aromatic heterocycles. The monoisotopic (exact) mass is 322 g/mol. The first-order valence-electron chi connectivity index (χ1n) is 4.96. The number of benzene rings is 1. The number of halogens is 2. The molecule has 0 fully saturated rings. The number of carbonyl (C=O) groups is 1. The predicted molar refractivity (Wildman–Crippen MR) is 67.2 cm³/mol. The van der Waals surface area contributed by atoms with Crippen LogP contribution in [0.25, 0.3) is 0 Å². The van der Waals surface area contributed by atoms with Crippen LogP contribution in [0.4, 0.5) is 0 Å². The van der Waals surface area contributed by atoms with E-state index in [2.05, 4.69) is 15.9 Å². The molecule has 0 amide bonds. The van der Waals surface area contributed by atoms with Crippen LogP contribution in [0.2, 0.25) is 5.02 Å². The molecule has 0 radical (unpaired) electrons. The molecule has 0 heterocycles. The van der Waals surface area contributed by atoms with Crippen molar-refractivity contribution < 1.29 is 19.7 Å². The molecule has 1 aromatic carbocycles. The summed E-state index contributed by atoms with van der Waals surface area (Å²) in [4.78, 5) is 11.1. The molecule has 0 aliphatic heterocycles. The number of carboxylic acids is 1. The molecule has 0 spiro atoms. The van der Waals surface area contributed by atoms with Crippen LogP contribution in [0.3, 0.4) is 0 Å². The fourth-order valence-corrected chi connectivity index (χ4v) is 1.77. The second-order valence-corrected chi connectivity index (χ2v) is 4.60. The standard InChI is InChI=1S/C11H12BrClO4/c12-8-6-7(2-3-9(8)13)10(11(15)16)17-5-1-4-14/h2-3,6,10,14H,1,4-5H2,(H,15,16). The van der Waals surface area contributed by atoms with Crippen LogP contribution in [-0.4, -0.2) is 29.4 Å². The van der Waals surface area contributed by atoms with Gasteiger partial charge in [0.05, 0.1) is 11.6 Å². The Bertz CT molecular complexity index is 397. The molecule has 4 nitrogen and oxygen atoms in total. The van der Waals surface area contributed by atoms with E-state index in [-0.39, 0.29) is 13.2 Å². The van der Waals surface area contributed by atoms with E-state index in [1.54, 1.807) is 18.2 Å². The van der Waals surface area contributed by atoms with E-state index in [0.29, 0.717) is 21.5 Å². The van der Waals surface area contributed by atoms with E-state index in [9.17, 15) is 4.79 Å². The van der Waals surface area contributed by atoms with E-state index in [1.165, 1.54) is 0 Å². The molecule has 1 unspecified atom stereocenters. The van der Waals surface area contributed by atoms with Crippen molar-refractivity contribution in [3.63, 3.8) is 0 Å². The summed E-state index contributed by atoms with van der Waals surface area (Å²) in [5.41, 5.74) is 0.506. The number of hydrogen-bond donors (Lipinski definition) is 2. The number of aliphatic hydroxyl groups is 1. The summed E-state index contributed by atoms with van der Waals surface area (Å²) in [6.45, 7) is 0.157. The maximum absolute atomic E-state index is 11.1. The van der Waals surface area contributed by atoms with Crippen molar-refractivity contribution in [1.29, 1.82) is 0 Å². The normalized spacial score (nSPS) is 12.4. The molecule has 6 heteroatoms. The molecule has 1 aromatic rings. The average molecular weight is 324 g/mol.